The third-order valence-electron chi connectivity index (χ3n) is 3.03. The second-order valence-electron chi connectivity index (χ2n) is 4.58. The molecule has 9 nitrogen and oxygen atoms in total. The first-order chi connectivity index (χ1) is 11.2. The number of nitrogens with one attached hydrogen (secondary N) is 1. The lowest BCUT2D eigenvalue weighted by Crippen LogP contribution is -2.14. The molecule has 2 aromatic rings. The summed E-state index contributed by atoms with van der Waals surface area (Å²) in [5.41, 5.74) is -0.458. The zero-order valence-electron chi connectivity index (χ0n) is 12.3. The molecule has 0 fully saturated rings. The van der Waals surface area contributed by atoms with Gasteiger partial charge in [-0.3, -0.25) is 14.8 Å². The van der Waals surface area contributed by atoms with Crippen LogP contribution in [0.1, 0.15) is 10.4 Å². The minimum absolute atomic E-state index is 0.0103. The molecule has 0 bridgehead atoms. The van der Waals surface area contributed by atoms with Crippen LogP contribution in [0, 0.1) is 10.1 Å². The normalized spacial score (nSPS) is 10.9. The van der Waals surface area contributed by atoms with Gasteiger partial charge in [0.25, 0.3) is 15.7 Å². The number of carboxylic acids is 1. The third kappa shape index (κ3) is 3.60. The van der Waals surface area contributed by atoms with Crippen molar-refractivity contribution in [1.29, 1.82) is 0 Å². The topological polar surface area (TPSA) is 136 Å². The number of nitro groups is 1. The molecule has 0 atom stereocenters. The average molecular weight is 352 g/mol. The number of nitro benzene ring substituents is 1. The standard InChI is InChI=1S/C14H12N2O7S/c1-23-13-8-10(16(19)20)5-6-12(13)15-24(21,22)11-4-2-3-9(7-11)14(17)18/h2-8,15H,1H3,(H,17,18). The summed E-state index contributed by atoms with van der Waals surface area (Å²) >= 11 is 0. The van der Waals surface area contributed by atoms with Crippen LogP contribution >= 0.6 is 0 Å². The van der Waals surface area contributed by atoms with E-state index < -0.39 is 20.9 Å². The molecule has 0 aliphatic heterocycles. The number of rotatable bonds is 6. The highest BCUT2D eigenvalue weighted by atomic mass is 32.2. The lowest BCUT2D eigenvalue weighted by atomic mass is 10.2. The van der Waals surface area contributed by atoms with Gasteiger partial charge < -0.3 is 9.84 Å². The van der Waals surface area contributed by atoms with Crippen LogP contribution in [0.25, 0.3) is 0 Å². The van der Waals surface area contributed by atoms with Crippen molar-refractivity contribution >= 4 is 27.4 Å². The zero-order chi connectivity index (χ0) is 17.9. The molecule has 24 heavy (non-hydrogen) atoms. The Morgan fingerprint density at radius 3 is 2.54 bits per heavy atom. The predicted molar refractivity (Wildman–Crippen MR) is 83.9 cm³/mol. The predicted octanol–water partition coefficient (Wildman–Crippen LogP) is 2.10. The number of sulfonamides is 1. The van der Waals surface area contributed by atoms with Gasteiger partial charge in [0, 0.05) is 6.07 Å². The van der Waals surface area contributed by atoms with Gasteiger partial charge in [0.15, 0.2) is 0 Å². The van der Waals surface area contributed by atoms with Crippen LogP contribution in [-0.4, -0.2) is 31.5 Å². The molecule has 0 aliphatic rings. The summed E-state index contributed by atoms with van der Waals surface area (Å²) in [4.78, 5) is 20.8. The van der Waals surface area contributed by atoms with E-state index in [4.69, 9.17) is 9.84 Å². The maximum Gasteiger partial charge on any atom is 0.335 e. The Hall–Kier alpha value is -3.14. The van der Waals surface area contributed by atoms with Gasteiger partial charge in [-0.25, -0.2) is 13.2 Å². The molecule has 2 N–H and O–H groups in total. The molecule has 2 rings (SSSR count). The van der Waals surface area contributed by atoms with Gasteiger partial charge in [-0.15, -0.1) is 0 Å². The maximum absolute atomic E-state index is 12.4. The Balaban J connectivity index is 2.41. The molecule has 10 heteroatoms. The van der Waals surface area contributed by atoms with Crippen LogP contribution in [0.2, 0.25) is 0 Å². The highest BCUT2D eigenvalue weighted by Crippen LogP contribution is 2.30. The van der Waals surface area contributed by atoms with Gasteiger partial charge in [0.1, 0.15) is 5.75 Å². The van der Waals surface area contributed by atoms with Crippen LogP contribution in [0.15, 0.2) is 47.4 Å². The molecule has 0 saturated carbocycles. The number of hydrogen-bond acceptors (Lipinski definition) is 6. The number of methoxy groups -OCH3 is 1. The van der Waals surface area contributed by atoms with E-state index in [0.717, 1.165) is 18.2 Å². The van der Waals surface area contributed by atoms with Crippen molar-refractivity contribution in [3.05, 3.63) is 58.1 Å². The first kappa shape index (κ1) is 17.2. The average Bonchev–Trinajstić information content (AvgIpc) is 2.54. The number of nitrogens with zero attached hydrogens (tertiary/aromatic N) is 1. The monoisotopic (exact) mass is 352 g/mol. The van der Waals surface area contributed by atoms with Gasteiger partial charge in [-0.05, 0) is 24.3 Å². The lowest BCUT2D eigenvalue weighted by molar-refractivity contribution is -0.384. The number of aromatic carboxylic acids is 1. The molecule has 0 aromatic heterocycles. The summed E-state index contributed by atoms with van der Waals surface area (Å²) in [6, 6.07) is 8.17. The van der Waals surface area contributed by atoms with Gasteiger partial charge in [0.2, 0.25) is 0 Å². The Bertz CT molecular complexity index is 909. The van der Waals surface area contributed by atoms with Crippen LogP contribution < -0.4 is 9.46 Å². The summed E-state index contributed by atoms with van der Waals surface area (Å²) in [5.74, 6) is -1.30. The fourth-order valence-electron chi connectivity index (χ4n) is 1.88. The largest absolute Gasteiger partial charge is 0.494 e. The quantitative estimate of drug-likeness (QED) is 0.600. The number of carboxylic acid groups (broad SMARTS) is 1. The van der Waals surface area contributed by atoms with Gasteiger partial charge in [-0.1, -0.05) is 6.07 Å². The number of benzene rings is 2. The van der Waals surface area contributed by atoms with Gasteiger partial charge >= 0.3 is 5.97 Å². The fourth-order valence-corrected chi connectivity index (χ4v) is 2.99. The highest BCUT2D eigenvalue weighted by molar-refractivity contribution is 7.92. The van der Waals surface area contributed by atoms with Gasteiger partial charge in [-0.2, -0.15) is 0 Å². The Morgan fingerprint density at radius 2 is 1.96 bits per heavy atom. The highest BCUT2D eigenvalue weighted by Gasteiger charge is 2.19. The number of anilines is 1. The third-order valence-corrected chi connectivity index (χ3v) is 4.39. The molecule has 0 amide bonds. The molecule has 0 radical (unpaired) electrons. The fraction of sp³-hybridized carbons (Fsp3) is 0.0714. The molecular formula is C14H12N2O7S. The Kier molecular flexibility index (Phi) is 4.69. The molecule has 0 unspecified atom stereocenters. The smallest absolute Gasteiger partial charge is 0.335 e. The SMILES string of the molecule is COc1cc([N+](=O)[O-])ccc1NS(=O)(=O)c1cccc(C(=O)O)c1. The first-order valence-corrected chi connectivity index (χ1v) is 7.91. The van der Waals surface area contributed by atoms with Crippen molar-refractivity contribution in [2.45, 2.75) is 4.90 Å². The van der Waals surface area contributed by atoms with E-state index in [1.165, 1.54) is 31.4 Å². The van der Waals surface area contributed by atoms with Crippen LogP contribution in [0.4, 0.5) is 11.4 Å². The molecule has 2 aromatic carbocycles. The van der Waals surface area contributed by atoms with Crippen LogP contribution in [-0.2, 0) is 10.0 Å². The van der Waals surface area contributed by atoms with E-state index in [2.05, 4.69) is 4.72 Å². The summed E-state index contributed by atoms with van der Waals surface area (Å²) < 4.78 is 31.9. The summed E-state index contributed by atoms with van der Waals surface area (Å²) in [6.07, 6.45) is 0. The number of ether oxygens (including phenoxy) is 1. The molecule has 0 heterocycles. The van der Waals surface area contributed by atoms with E-state index in [1.54, 1.807) is 0 Å². The Labute approximate surface area is 136 Å². The molecule has 0 saturated heterocycles. The minimum Gasteiger partial charge on any atom is -0.494 e. The van der Waals surface area contributed by atoms with Crippen molar-refractivity contribution in [3.63, 3.8) is 0 Å². The van der Waals surface area contributed by atoms with E-state index in [1.807, 2.05) is 0 Å². The van der Waals surface area contributed by atoms with Gasteiger partial charge in [0.05, 0.1) is 34.2 Å². The van der Waals surface area contributed by atoms with Crippen molar-refractivity contribution in [2.24, 2.45) is 0 Å². The molecule has 0 spiro atoms. The van der Waals surface area contributed by atoms with Crippen molar-refractivity contribution in [3.8, 4) is 5.75 Å². The van der Waals surface area contributed by atoms with E-state index >= 15 is 0 Å². The minimum atomic E-state index is -4.10. The molecule has 0 aliphatic carbocycles. The van der Waals surface area contributed by atoms with E-state index in [-0.39, 0.29) is 27.6 Å². The molecule has 126 valence electrons. The zero-order valence-corrected chi connectivity index (χ0v) is 13.1. The van der Waals surface area contributed by atoms with Crippen molar-refractivity contribution < 1.29 is 28.0 Å². The summed E-state index contributed by atoms with van der Waals surface area (Å²) in [7, 11) is -2.86. The van der Waals surface area contributed by atoms with E-state index in [0.29, 0.717) is 0 Å². The van der Waals surface area contributed by atoms with Crippen LogP contribution in [0.3, 0.4) is 0 Å². The van der Waals surface area contributed by atoms with Crippen molar-refractivity contribution in [1.82, 2.24) is 0 Å². The van der Waals surface area contributed by atoms with Crippen LogP contribution in [0.5, 0.6) is 5.75 Å². The lowest BCUT2D eigenvalue weighted by Gasteiger charge is -2.12. The van der Waals surface area contributed by atoms with E-state index in [9.17, 15) is 23.3 Å². The maximum atomic E-state index is 12.4. The Morgan fingerprint density at radius 1 is 1.25 bits per heavy atom. The second-order valence-corrected chi connectivity index (χ2v) is 6.26. The first-order valence-electron chi connectivity index (χ1n) is 6.43. The number of carbonyl (C=O) groups is 1. The summed E-state index contributed by atoms with van der Waals surface area (Å²) in [5, 5.41) is 19.7. The number of hydrogen-bond donors (Lipinski definition) is 2. The molecular weight excluding hydrogens is 340 g/mol. The number of non-ortho nitro benzene ring substituents is 1. The summed E-state index contributed by atoms with van der Waals surface area (Å²) in [6.45, 7) is 0. The van der Waals surface area contributed by atoms with Crippen molar-refractivity contribution in [2.75, 3.05) is 11.8 Å². The second kappa shape index (κ2) is 6.54.